The van der Waals surface area contributed by atoms with Gasteiger partial charge >= 0.3 is 6.03 Å². The van der Waals surface area contributed by atoms with E-state index in [1.165, 1.54) is 6.08 Å². The summed E-state index contributed by atoms with van der Waals surface area (Å²) >= 11 is 6.28. The van der Waals surface area contributed by atoms with Crippen LogP contribution in [0, 0.1) is 0 Å². The zero-order chi connectivity index (χ0) is 23.3. The monoisotopic (exact) mass is 457 g/mol. The second-order valence-corrected chi connectivity index (χ2v) is 7.59. The number of imide groups is 1. The van der Waals surface area contributed by atoms with Gasteiger partial charge in [-0.1, -0.05) is 24.6 Å². The average Bonchev–Trinajstić information content (AvgIpc) is 3.03. The number of ether oxygens (including phenoxy) is 2. The fourth-order valence-corrected chi connectivity index (χ4v) is 3.14. The van der Waals surface area contributed by atoms with Crippen molar-refractivity contribution in [3.63, 3.8) is 0 Å². The quantitative estimate of drug-likeness (QED) is 0.460. The van der Waals surface area contributed by atoms with Crippen LogP contribution in [0.25, 0.3) is 6.08 Å². The minimum Gasteiger partial charge on any atom is -0.497 e. The van der Waals surface area contributed by atoms with Crippen LogP contribution in [0.1, 0.15) is 25.8 Å². The highest BCUT2D eigenvalue weighted by atomic mass is 35.5. The fourth-order valence-electron chi connectivity index (χ4n) is 2.90. The third kappa shape index (κ3) is 5.59. The molecule has 0 saturated carbocycles. The van der Waals surface area contributed by atoms with Crippen molar-refractivity contribution in [1.82, 2.24) is 10.2 Å². The lowest BCUT2D eigenvalue weighted by molar-refractivity contribution is -0.127. The van der Waals surface area contributed by atoms with E-state index >= 15 is 0 Å². The van der Waals surface area contributed by atoms with Crippen molar-refractivity contribution in [3.8, 4) is 11.5 Å². The first-order valence-corrected chi connectivity index (χ1v) is 10.4. The predicted octanol–water partition coefficient (Wildman–Crippen LogP) is 4.06. The zero-order valence-corrected chi connectivity index (χ0v) is 18.7. The highest BCUT2D eigenvalue weighted by Gasteiger charge is 2.34. The Morgan fingerprint density at radius 1 is 1.22 bits per heavy atom. The first kappa shape index (κ1) is 23.1. The molecule has 8 nitrogen and oxygen atoms in total. The number of urea groups is 1. The Kier molecular flexibility index (Phi) is 7.37. The largest absolute Gasteiger partial charge is 0.497 e. The Balaban J connectivity index is 1.66. The Morgan fingerprint density at radius 3 is 2.56 bits per heavy atom. The van der Waals surface area contributed by atoms with Crippen LogP contribution in [0.2, 0.25) is 5.02 Å². The second-order valence-electron chi connectivity index (χ2n) is 7.18. The number of hydrogen-bond donors (Lipinski definition) is 2. The minimum absolute atomic E-state index is 0.0185. The van der Waals surface area contributed by atoms with Crippen LogP contribution in [-0.2, 0) is 9.59 Å². The summed E-state index contributed by atoms with van der Waals surface area (Å²) in [5.74, 6) is 0.0821. The molecule has 1 fully saturated rings. The first-order chi connectivity index (χ1) is 15.3. The van der Waals surface area contributed by atoms with Crippen LogP contribution in [0.4, 0.5) is 10.5 Å². The van der Waals surface area contributed by atoms with Gasteiger partial charge in [0.15, 0.2) is 0 Å². The Hall–Kier alpha value is -3.52. The summed E-state index contributed by atoms with van der Waals surface area (Å²) in [6.07, 6.45) is 2.36. The molecular weight excluding hydrogens is 434 g/mol. The summed E-state index contributed by atoms with van der Waals surface area (Å²) in [4.78, 5) is 38.0. The minimum atomic E-state index is -0.672. The molecule has 32 heavy (non-hydrogen) atoms. The summed E-state index contributed by atoms with van der Waals surface area (Å²) in [6.45, 7) is 3.53. The van der Waals surface area contributed by atoms with Crippen molar-refractivity contribution >= 4 is 41.2 Å². The van der Waals surface area contributed by atoms with Crippen LogP contribution in [0.15, 0.2) is 48.2 Å². The summed E-state index contributed by atoms with van der Waals surface area (Å²) in [6, 6.07) is 11.1. The van der Waals surface area contributed by atoms with Crippen LogP contribution < -0.4 is 20.1 Å². The van der Waals surface area contributed by atoms with E-state index in [1.54, 1.807) is 49.6 Å². The molecule has 0 spiro atoms. The van der Waals surface area contributed by atoms with Gasteiger partial charge in [-0.3, -0.25) is 9.59 Å². The normalized spacial score (nSPS) is 15.5. The number of benzene rings is 2. The Bertz CT molecular complexity index is 1050. The van der Waals surface area contributed by atoms with Crippen molar-refractivity contribution in [3.05, 3.63) is 58.7 Å². The predicted molar refractivity (Wildman–Crippen MR) is 122 cm³/mol. The zero-order valence-electron chi connectivity index (χ0n) is 18.0. The molecular formula is C23H24ClN3O5. The van der Waals surface area contributed by atoms with E-state index < -0.39 is 24.4 Å². The third-order valence-corrected chi connectivity index (χ3v) is 5.10. The van der Waals surface area contributed by atoms with Gasteiger partial charge in [-0.25, -0.2) is 9.69 Å². The number of anilines is 1. The highest BCUT2D eigenvalue weighted by molar-refractivity contribution is 6.32. The molecule has 0 bridgehead atoms. The molecule has 0 unspecified atom stereocenters. The lowest BCUT2D eigenvalue weighted by Gasteiger charge is -2.14. The molecule has 1 aliphatic heterocycles. The summed E-state index contributed by atoms with van der Waals surface area (Å²) < 4.78 is 10.8. The maximum atomic E-state index is 12.6. The van der Waals surface area contributed by atoms with Gasteiger partial charge in [0.05, 0.1) is 18.2 Å². The lowest BCUT2D eigenvalue weighted by atomic mass is 10.1. The van der Waals surface area contributed by atoms with Crippen molar-refractivity contribution < 1.29 is 23.9 Å². The van der Waals surface area contributed by atoms with E-state index in [1.807, 2.05) is 13.8 Å². The summed E-state index contributed by atoms with van der Waals surface area (Å²) in [7, 11) is 1.54. The molecule has 2 N–H and O–H groups in total. The second kappa shape index (κ2) is 10.2. The number of hydrogen-bond acceptors (Lipinski definition) is 5. The maximum absolute atomic E-state index is 12.6. The van der Waals surface area contributed by atoms with Crippen LogP contribution in [0.3, 0.4) is 0 Å². The number of amides is 4. The Labute approximate surface area is 191 Å². The molecule has 0 aliphatic carbocycles. The van der Waals surface area contributed by atoms with E-state index in [0.717, 1.165) is 11.3 Å². The molecule has 9 heteroatoms. The number of methoxy groups -OCH3 is 1. The number of nitrogens with one attached hydrogen (secondary N) is 2. The lowest BCUT2D eigenvalue weighted by Crippen LogP contribution is -2.38. The fraction of sp³-hybridized carbons (Fsp3) is 0.261. The number of rotatable bonds is 8. The number of halogens is 1. The molecule has 4 amide bonds. The Morgan fingerprint density at radius 2 is 1.94 bits per heavy atom. The van der Waals surface area contributed by atoms with Crippen molar-refractivity contribution in [2.75, 3.05) is 19.0 Å². The van der Waals surface area contributed by atoms with Crippen LogP contribution in [0.5, 0.6) is 11.5 Å². The van der Waals surface area contributed by atoms with Gasteiger partial charge in [0.25, 0.3) is 5.91 Å². The van der Waals surface area contributed by atoms with Crippen molar-refractivity contribution in [1.29, 1.82) is 0 Å². The molecule has 1 aliphatic rings. The van der Waals surface area contributed by atoms with Crippen molar-refractivity contribution in [2.24, 2.45) is 0 Å². The standard InChI is InChI=1S/C23H24ClN3O5/c1-4-14(2)32-20-10-5-15(11-18(20)24)12-19-22(29)27(23(30)26-19)13-21(28)25-16-6-8-17(31-3)9-7-16/h5-12,14H,4,13H2,1-3H3,(H,25,28)(H,26,30)/b19-12-/t14-/m1/s1. The topological polar surface area (TPSA) is 97.0 Å². The smallest absolute Gasteiger partial charge is 0.329 e. The van der Waals surface area contributed by atoms with Gasteiger partial charge in [-0.15, -0.1) is 0 Å². The van der Waals surface area contributed by atoms with Gasteiger partial charge in [0.2, 0.25) is 5.91 Å². The molecule has 1 saturated heterocycles. The molecule has 1 atom stereocenters. The molecule has 168 valence electrons. The first-order valence-electron chi connectivity index (χ1n) is 10.1. The van der Waals surface area contributed by atoms with E-state index in [4.69, 9.17) is 21.1 Å². The number of carbonyl (C=O) groups is 3. The van der Waals surface area contributed by atoms with Gasteiger partial charge < -0.3 is 20.1 Å². The van der Waals surface area contributed by atoms with Crippen LogP contribution in [-0.4, -0.2) is 42.5 Å². The maximum Gasteiger partial charge on any atom is 0.329 e. The van der Waals surface area contributed by atoms with E-state index in [-0.39, 0.29) is 11.8 Å². The molecule has 2 aromatic carbocycles. The molecule has 3 rings (SSSR count). The number of carbonyl (C=O) groups excluding carboxylic acids is 3. The van der Waals surface area contributed by atoms with Crippen molar-refractivity contribution in [2.45, 2.75) is 26.4 Å². The van der Waals surface area contributed by atoms with Gasteiger partial charge in [-0.05, 0) is 61.4 Å². The van der Waals surface area contributed by atoms with E-state index in [9.17, 15) is 14.4 Å². The highest BCUT2D eigenvalue weighted by Crippen LogP contribution is 2.28. The van der Waals surface area contributed by atoms with E-state index in [2.05, 4.69) is 10.6 Å². The molecule has 0 aromatic heterocycles. The average molecular weight is 458 g/mol. The molecule has 0 radical (unpaired) electrons. The summed E-state index contributed by atoms with van der Waals surface area (Å²) in [5.41, 5.74) is 1.19. The molecule has 1 heterocycles. The van der Waals surface area contributed by atoms with Crippen LogP contribution >= 0.6 is 11.6 Å². The molecule has 2 aromatic rings. The SMILES string of the molecule is CC[C@@H](C)Oc1ccc(/C=C2\NC(=O)N(CC(=O)Nc3ccc(OC)cc3)C2=O)cc1Cl. The van der Waals surface area contributed by atoms with Gasteiger partial charge in [0, 0.05) is 5.69 Å². The van der Waals surface area contributed by atoms with Gasteiger partial charge in [-0.2, -0.15) is 0 Å². The summed E-state index contributed by atoms with van der Waals surface area (Å²) in [5, 5.41) is 5.53. The third-order valence-electron chi connectivity index (χ3n) is 4.81. The van der Waals surface area contributed by atoms with E-state index in [0.29, 0.717) is 27.8 Å². The van der Waals surface area contributed by atoms with Gasteiger partial charge in [0.1, 0.15) is 23.7 Å². The number of nitrogens with zero attached hydrogens (tertiary/aromatic N) is 1.